The Morgan fingerprint density at radius 1 is 1.42 bits per heavy atom. The highest BCUT2D eigenvalue weighted by atomic mass is 35.5. The van der Waals surface area contributed by atoms with Crippen LogP contribution in [0.4, 0.5) is 0 Å². The number of allylic oxidation sites excluding steroid dienone is 1. The first-order valence-electron chi connectivity index (χ1n) is 8.70. The number of hydrogen-bond acceptors (Lipinski definition) is 7. The summed E-state index contributed by atoms with van der Waals surface area (Å²) >= 11 is 0. The average molecular weight is 388 g/mol. The van der Waals surface area contributed by atoms with E-state index in [0.29, 0.717) is 5.57 Å². The van der Waals surface area contributed by atoms with E-state index in [1.165, 1.54) is 0 Å². The van der Waals surface area contributed by atoms with Gasteiger partial charge in [-0.15, -0.1) is 12.4 Å². The van der Waals surface area contributed by atoms with Gasteiger partial charge in [-0.25, -0.2) is 9.59 Å². The van der Waals surface area contributed by atoms with E-state index in [1.54, 1.807) is 19.9 Å². The molecule has 0 aromatic heterocycles. The number of halogens is 1. The number of nitrogens with zero attached hydrogens (tertiary/aromatic N) is 1. The molecule has 3 heterocycles. The summed E-state index contributed by atoms with van der Waals surface area (Å²) in [5.74, 6) is -1.99. The van der Waals surface area contributed by atoms with Crippen LogP contribution in [0.5, 0.6) is 0 Å². The molecule has 0 aromatic carbocycles. The molecule has 0 bridgehead atoms. The molecule has 0 saturated carbocycles. The van der Waals surface area contributed by atoms with Crippen LogP contribution in [0.1, 0.15) is 26.7 Å². The first kappa shape index (κ1) is 20.9. The minimum absolute atomic E-state index is 0. The largest absolute Gasteiger partial charge is 0.459 e. The maximum absolute atomic E-state index is 12.6. The zero-order valence-electron chi connectivity index (χ0n) is 15.0. The third-order valence-corrected chi connectivity index (χ3v) is 5.59. The second kappa shape index (κ2) is 8.08. The summed E-state index contributed by atoms with van der Waals surface area (Å²) in [6, 6.07) is -0.0890. The lowest BCUT2D eigenvalue weighted by atomic mass is 9.84. The van der Waals surface area contributed by atoms with Crippen molar-refractivity contribution in [3.63, 3.8) is 0 Å². The van der Waals surface area contributed by atoms with Crippen LogP contribution in [0.2, 0.25) is 0 Å². The summed E-state index contributed by atoms with van der Waals surface area (Å²) in [5.41, 5.74) is -0.796. The van der Waals surface area contributed by atoms with E-state index in [9.17, 15) is 19.8 Å². The third-order valence-electron chi connectivity index (χ3n) is 5.59. The van der Waals surface area contributed by atoms with Gasteiger partial charge >= 0.3 is 11.9 Å². The molecular weight excluding hydrogens is 362 g/mol. The molecule has 2 N–H and O–H groups in total. The van der Waals surface area contributed by atoms with Crippen molar-refractivity contribution in [2.24, 2.45) is 5.92 Å². The molecule has 0 aromatic rings. The number of hydrogen-bond donors (Lipinski definition) is 2. The second-order valence-electron chi connectivity index (χ2n) is 7.03. The molecular formula is C18H26ClNO6. The van der Waals surface area contributed by atoms with Crippen molar-refractivity contribution in [1.82, 2.24) is 4.90 Å². The number of esters is 2. The summed E-state index contributed by atoms with van der Waals surface area (Å²) in [5, 5.41) is 20.2. The zero-order chi connectivity index (χ0) is 18.2. The molecule has 26 heavy (non-hydrogen) atoms. The molecule has 0 amide bonds. The Morgan fingerprint density at radius 2 is 2.15 bits per heavy atom. The Kier molecular flexibility index (Phi) is 6.50. The average Bonchev–Trinajstić information content (AvgIpc) is 3.18. The predicted molar refractivity (Wildman–Crippen MR) is 95.7 cm³/mol. The van der Waals surface area contributed by atoms with Crippen molar-refractivity contribution >= 4 is 24.3 Å². The molecule has 7 nitrogen and oxygen atoms in total. The minimum Gasteiger partial charge on any atom is -0.459 e. The Balaban J connectivity index is 0.00000243. The van der Waals surface area contributed by atoms with Crippen LogP contribution in [0.15, 0.2) is 23.3 Å². The van der Waals surface area contributed by atoms with Crippen molar-refractivity contribution in [2.45, 2.75) is 44.4 Å². The maximum Gasteiger partial charge on any atom is 0.341 e. The summed E-state index contributed by atoms with van der Waals surface area (Å²) in [7, 11) is 0. The Hall–Kier alpha value is -1.41. The van der Waals surface area contributed by atoms with Gasteiger partial charge in [0.25, 0.3) is 0 Å². The molecule has 3 aliphatic heterocycles. The Bertz CT molecular complexity index is 633. The molecule has 8 heteroatoms. The van der Waals surface area contributed by atoms with E-state index in [2.05, 4.69) is 4.90 Å². The van der Waals surface area contributed by atoms with Crippen molar-refractivity contribution < 1.29 is 29.3 Å². The minimum atomic E-state index is -2.05. The van der Waals surface area contributed by atoms with Crippen LogP contribution in [0.25, 0.3) is 0 Å². The van der Waals surface area contributed by atoms with E-state index in [4.69, 9.17) is 9.47 Å². The van der Waals surface area contributed by atoms with Crippen molar-refractivity contribution in [3.05, 3.63) is 23.3 Å². The van der Waals surface area contributed by atoms with Gasteiger partial charge in [0.1, 0.15) is 12.7 Å². The molecule has 2 saturated heterocycles. The Labute approximate surface area is 159 Å². The van der Waals surface area contributed by atoms with Gasteiger partial charge in [-0.1, -0.05) is 19.1 Å². The monoisotopic (exact) mass is 387 g/mol. The second-order valence-corrected chi connectivity index (χ2v) is 7.03. The highest BCUT2D eigenvalue weighted by Gasteiger charge is 2.46. The standard InChI is InChI=1S/C18H25NO6.ClH/c1-3-12-8-11(2)18(23,10-20)17(22)24-9-13-4-6-19-7-5-14(15(13)19)25-16(12)21;/h3-4,11,14-15,20,23H,5-10H2,1-2H3;1H/b12-3-;/t11-,14-,15-,18-;/m1./s1. The van der Waals surface area contributed by atoms with Gasteiger partial charge in [-0.05, 0) is 25.3 Å². The highest BCUT2D eigenvalue weighted by Crippen LogP contribution is 2.34. The number of rotatable bonds is 1. The van der Waals surface area contributed by atoms with E-state index in [0.717, 1.165) is 25.1 Å². The molecule has 2 fully saturated rings. The summed E-state index contributed by atoms with van der Waals surface area (Å²) in [6.07, 6.45) is 4.20. The number of carbonyl (C=O) groups excluding carboxylic acids is 2. The molecule has 4 atom stereocenters. The van der Waals surface area contributed by atoms with Gasteiger partial charge in [0.05, 0.1) is 12.6 Å². The van der Waals surface area contributed by atoms with Crippen LogP contribution in [-0.4, -0.2) is 71.1 Å². The van der Waals surface area contributed by atoms with Crippen LogP contribution in [0.3, 0.4) is 0 Å². The topological polar surface area (TPSA) is 96.3 Å². The van der Waals surface area contributed by atoms with Crippen molar-refractivity contribution in [1.29, 1.82) is 0 Å². The molecule has 0 spiro atoms. The van der Waals surface area contributed by atoms with E-state index in [1.807, 2.05) is 6.08 Å². The van der Waals surface area contributed by atoms with Gasteiger partial charge in [-0.2, -0.15) is 0 Å². The van der Waals surface area contributed by atoms with Crippen LogP contribution in [0, 0.1) is 5.92 Å². The predicted octanol–water partition coefficient (Wildman–Crippen LogP) is 0.587. The SMILES string of the molecule is C/C=C1/C[C@@H](C)[C@](O)(CO)C(=O)OCC2=CCN3CC[C@@H](OC1=O)[C@@H]23.Cl. The number of aliphatic hydroxyl groups excluding tert-OH is 1. The van der Waals surface area contributed by atoms with E-state index in [-0.39, 0.29) is 37.6 Å². The molecule has 146 valence electrons. The lowest BCUT2D eigenvalue weighted by Gasteiger charge is -2.32. The summed E-state index contributed by atoms with van der Waals surface area (Å²) in [4.78, 5) is 27.2. The molecule has 0 aliphatic carbocycles. The summed E-state index contributed by atoms with van der Waals surface area (Å²) < 4.78 is 11.1. The zero-order valence-corrected chi connectivity index (χ0v) is 15.8. The first-order valence-corrected chi connectivity index (χ1v) is 8.70. The van der Waals surface area contributed by atoms with Gasteiger partial charge in [0.15, 0.2) is 5.60 Å². The number of carbonyl (C=O) groups is 2. The van der Waals surface area contributed by atoms with Gasteiger partial charge in [-0.3, -0.25) is 4.90 Å². The highest BCUT2D eigenvalue weighted by molar-refractivity contribution is 5.89. The normalized spacial score (nSPS) is 37.0. The van der Waals surface area contributed by atoms with Gasteiger partial charge in [0, 0.05) is 24.6 Å². The van der Waals surface area contributed by atoms with Crippen LogP contribution < -0.4 is 0 Å². The summed E-state index contributed by atoms with van der Waals surface area (Å²) in [6.45, 7) is 4.12. The molecule has 3 rings (SSSR count). The van der Waals surface area contributed by atoms with E-state index >= 15 is 0 Å². The first-order chi connectivity index (χ1) is 11.9. The molecule has 3 aliphatic rings. The lowest BCUT2D eigenvalue weighted by molar-refractivity contribution is -0.176. The number of aliphatic hydroxyl groups is 2. The van der Waals surface area contributed by atoms with Crippen molar-refractivity contribution in [3.8, 4) is 0 Å². The molecule has 0 unspecified atom stereocenters. The van der Waals surface area contributed by atoms with Crippen LogP contribution >= 0.6 is 12.4 Å². The third kappa shape index (κ3) is 3.53. The fourth-order valence-corrected chi connectivity index (χ4v) is 3.85. The van der Waals surface area contributed by atoms with E-state index < -0.39 is 30.1 Å². The fourth-order valence-electron chi connectivity index (χ4n) is 3.85. The van der Waals surface area contributed by atoms with Crippen molar-refractivity contribution in [2.75, 3.05) is 26.3 Å². The maximum atomic E-state index is 12.6. The smallest absolute Gasteiger partial charge is 0.341 e. The quantitative estimate of drug-likeness (QED) is 0.386. The molecule has 0 radical (unpaired) electrons. The number of ether oxygens (including phenoxy) is 2. The fraction of sp³-hybridized carbons (Fsp3) is 0.667. The van der Waals surface area contributed by atoms with Crippen LogP contribution in [-0.2, 0) is 19.1 Å². The Morgan fingerprint density at radius 3 is 2.81 bits per heavy atom. The van der Waals surface area contributed by atoms with Gasteiger partial charge < -0.3 is 19.7 Å². The number of cyclic esters (lactones) is 1. The lowest BCUT2D eigenvalue weighted by Crippen LogP contribution is -2.50. The van der Waals surface area contributed by atoms with Gasteiger partial charge in [0.2, 0.25) is 0 Å².